The fourth-order valence-corrected chi connectivity index (χ4v) is 3.50. The van der Waals surface area contributed by atoms with Crippen molar-refractivity contribution >= 4 is 26.8 Å². The number of hydrogen-bond acceptors (Lipinski definition) is 4. The van der Waals surface area contributed by atoms with Gasteiger partial charge in [-0.15, -0.1) is 0 Å². The highest BCUT2D eigenvalue weighted by molar-refractivity contribution is 9.10. The van der Waals surface area contributed by atoms with Crippen LogP contribution in [0.3, 0.4) is 0 Å². The van der Waals surface area contributed by atoms with E-state index in [2.05, 4.69) is 25.9 Å². The molecule has 1 heterocycles. The fourth-order valence-electron chi connectivity index (χ4n) is 3.16. The molecule has 0 aliphatic heterocycles. The minimum absolute atomic E-state index is 0.0651. The van der Waals surface area contributed by atoms with Crippen molar-refractivity contribution in [1.29, 1.82) is 0 Å². The Bertz CT molecular complexity index is 1160. The highest BCUT2D eigenvalue weighted by Gasteiger charge is 2.35. The number of aromatic nitrogens is 2. The Morgan fingerprint density at radius 2 is 1.97 bits per heavy atom. The van der Waals surface area contributed by atoms with E-state index in [0.717, 1.165) is 12.1 Å². The zero-order chi connectivity index (χ0) is 22.9. The van der Waals surface area contributed by atoms with E-state index in [1.54, 1.807) is 13.8 Å². The van der Waals surface area contributed by atoms with Gasteiger partial charge in [0, 0.05) is 23.6 Å². The zero-order valence-corrected chi connectivity index (χ0v) is 18.3. The maximum atomic E-state index is 13.8. The van der Waals surface area contributed by atoms with E-state index >= 15 is 0 Å². The lowest BCUT2D eigenvalue weighted by atomic mass is 10.0. The molecule has 2 aromatic carbocycles. The summed E-state index contributed by atoms with van der Waals surface area (Å²) >= 11 is 3.03. The maximum Gasteiger partial charge on any atom is 0.419 e. The van der Waals surface area contributed by atoms with Gasteiger partial charge in [-0.1, -0.05) is 19.1 Å². The number of halogens is 5. The van der Waals surface area contributed by atoms with Crippen LogP contribution in [0.4, 0.5) is 17.6 Å². The summed E-state index contributed by atoms with van der Waals surface area (Å²) in [7, 11) is 0. The molecule has 10 heteroatoms. The molecule has 3 N–H and O–H groups in total. The molecule has 166 valence electrons. The minimum atomic E-state index is -4.59. The lowest BCUT2D eigenvalue weighted by molar-refractivity contribution is -0.139. The number of rotatable bonds is 6. The molecular weight excluding hydrogens is 482 g/mol. The number of nitrogens with zero attached hydrogens (tertiary/aromatic N) is 1. The van der Waals surface area contributed by atoms with Gasteiger partial charge in [0.25, 0.3) is 5.56 Å². The van der Waals surface area contributed by atoms with Crippen molar-refractivity contribution in [3.05, 3.63) is 67.9 Å². The van der Waals surface area contributed by atoms with Crippen LogP contribution in [0.25, 0.3) is 10.9 Å². The Labute approximate surface area is 183 Å². The van der Waals surface area contributed by atoms with E-state index in [1.165, 1.54) is 18.2 Å². The summed E-state index contributed by atoms with van der Waals surface area (Å²) in [6, 6.07) is 5.57. The lowest BCUT2D eigenvalue weighted by Crippen LogP contribution is -2.17. The van der Waals surface area contributed by atoms with Gasteiger partial charge in [-0.05, 0) is 41.4 Å². The summed E-state index contributed by atoms with van der Waals surface area (Å²) in [6.45, 7) is 3.25. The molecule has 0 spiro atoms. The summed E-state index contributed by atoms with van der Waals surface area (Å²) in [5, 5.41) is 0.223. The molecule has 0 radical (unpaired) electrons. The number of H-pyrrole nitrogens is 1. The second-order valence-corrected chi connectivity index (χ2v) is 8.14. The number of nitrogens with two attached hydrogens (primary N) is 1. The molecule has 3 rings (SSSR count). The van der Waals surface area contributed by atoms with Crippen molar-refractivity contribution in [2.45, 2.75) is 38.4 Å². The van der Waals surface area contributed by atoms with Crippen molar-refractivity contribution in [3.8, 4) is 5.75 Å². The summed E-state index contributed by atoms with van der Waals surface area (Å²) in [5.41, 5.74) is 4.92. The van der Waals surface area contributed by atoms with Crippen LogP contribution in [-0.2, 0) is 6.18 Å². The number of hydrogen-bond donors (Lipinski definition) is 2. The predicted octanol–water partition coefficient (Wildman–Crippen LogP) is 5.44. The van der Waals surface area contributed by atoms with Crippen molar-refractivity contribution in [1.82, 2.24) is 9.97 Å². The summed E-state index contributed by atoms with van der Waals surface area (Å²) in [5.74, 6) is -0.927. The molecule has 5 nitrogen and oxygen atoms in total. The highest BCUT2D eigenvalue weighted by Crippen LogP contribution is 2.40. The standard InChI is InChI=1S/C21H20BrF4N3O2/c1-10(19-28-17-9-16(23)15(22)8-13(17)20(30)29-19)6-7-31-18-12(11(2)27)4-3-5-14(18)21(24,25)26/h3-5,8-11H,6-7,27H2,1-2H3,(H,28,29,30)/t10?,11-/m1/s1. The Hall–Kier alpha value is -2.46. The molecule has 3 aromatic rings. The first kappa shape index (κ1) is 23.2. The molecule has 0 saturated heterocycles. The SMILES string of the molecule is CC(CCOc1c([C@@H](C)N)cccc1C(F)(F)F)c1nc2cc(F)c(Br)cc2c(=O)[nH]1. The van der Waals surface area contributed by atoms with Crippen molar-refractivity contribution in [2.75, 3.05) is 6.61 Å². The monoisotopic (exact) mass is 501 g/mol. The smallest absolute Gasteiger partial charge is 0.419 e. The molecule has 0 bridgehead atoms. The summed E-state index contributed by atoms with van der Waals surface area (Å²) < 4.78 is 59.7. The number of para-hydroxylation sites is 1. The van der Waals surface area contributed by atoms with Gasteiger partial charge < -0.3 is 15.5 Å². The first-order chi connectivity index (χ1) is 14.5. The number of nitrogens with one attached hydrogen (secondary N) is 1. The third-order valence-corrected chi connectivity index (χ3v) is 5.48. The Morgan fingerprint density at radius 1 is 1.26 bits per heavy atom. The van der Waals surface area contributed by atoms with E-state index in [9.17, 15) is 22.4 Å². The topological polar surface area (TPSA) is 81.0 Å². The van der Waals surface area contributed by atoms with Crippen molar-refractivity contribution < 1.29 is 22.3 Å². The lowest BCUT2D eigenvalue weighted by Gasteiger charge is -2.20. The number of ether oxygens (including phenoxy) is 1. The van der Waals surface area contributed by atoms with Crippen LogP contribution in [0.15, 0.2) is 39.6 Å². The molecule has 1 aromatic heterocycles. The molecule has 0 aliphatic rings. The second kappa shape index (κ2) is 8.96. The number of alkyl halides is 3. The maximum absolute atomic E-state index is 13.8. The molecular formula is C21H20BrF4N3O2. The highest BCUT2D eigenvalue weighted by atomic mass is 79.9. The average molecular weight is 502 g/mol. The summed E-state index contributed by atoms with van der Waals surface area (Å²) in [4.78, 5) is 19.3. The van der Waals surface area contributed by atoms with Gasteiger partial charge in [0.15, 0.2) is 0 Å². The van der Waals surface area contributed by atoms with Gasteiger partial charge in [0.05, 0.1) is 27.5 Å². The first-order valence-electron chi connectivity index (χ1n) is 9.46. The molecule has 0 saturated carbocycles. The second-order valence-electron chi connectivity index (χ2n) is 7.28. The van der Waals surface area contributed by atoms with Crippen LogP contribution in [-0.4, -0.2) is 16.6 Å². The third-order valence-electron chi connectivity index (χ3n) is 4.87. The van der Waals surface area contributed by atoms with Gasteiger partial charge >= 0.3 is 6.18 Å². The van der Waals surface area contributed by atoms with Gasteiger partial charge in [0.2, 0.25) is 0 Å². The number of fused-ring (bicyclic) bond motifs is 1. The van der Waals surface area contributed by atoms with Gasteiger partial charge in [-0.2, -0.15) is 13.2 Å². The quantitative estimate of drug-likeness (QED) is 0.441. The number of aromatic amines is 1. The van der Waals surface area contributed by atoms with Crippen LogP contribution in [0, 0.1) is 5.82 Å². The average Bonchev–Trinajstić information content (AvgIpc) is 2.68. The normalized spacial score (nSPS) is 13.9. The van der Waals surface area contributed by atoms with Crippen molar-refractivity contribution in [2.24, 2.45) is 5.73 Å². The van der Waals surface area contributed by atoms with Crippen LogP contribution in [0.5, 0.6) is 5.75 Å². The predicted molar refractivity (Wildman–Crippen MR) is 113 cm³/mol. The van der Waals surface area contributed by atoms with Crippen LogP contribution < -0.4 is 16.0 Å². The third kappa shape index (κ3) is 5.07. The van der Waals surface area contributed by atoms with E-state index in [1.807, 2.05) is 0 Å². The summed E-state index contributed by atoms with van der Waals surface area (Å²) in [6.07, 6.45) is -4.33. The molecule has 2 atom stereocenters. The van der Waals surface area contributed by atoms with E-state index in [0.29, 0.717) is 5.82 Å². The van der Waals surface area contributed by atoms with E-state index in [4.69, 9.17) is 10.5 Å². The largest absolute Gasteiger partial charge is 0.493 e. The van der Waals surface area contributed by atoms with E-state index < -0.39 is 29.2 Å². The molecule has 31 heavy (non-hydrogen) atoms. The zero-order valence-electron chi connectivity index (χ0n) is 16.7. The molecule has 0 aliphatic carbocycles. The molecule has 1 unspecified atom stereocenters. The van der Waals surface area contributed by atoms with Crippen LogP contribution in [0.2, 0.25) is 0 Å². The minimum Gasteiger partial charge on any atom is -0.493 e. The molecule has 0 amide bonds. The fraction of sp³-hybridized carbons (Fsp3) is 0.333. The number of benzene rings is 2. The van der Waals surface area contributed by atoms with Crippen LogP contribution in [0.1, 0.15) is 49.2 Å². The first-order valence-corrected chi connectivity index (χ1v) is 10.3. The van der Waals surface area contributed by atoms with Crippen molar-refractivity contribution in [3.63, 3.8) is 0 Å². The van der Waals surface area contributed by atoms with Gasteiger partial charge in [-0.3, -0.25) is 4.79 Å². The van der Waals surface area contributed by atoms with Gasteiger partial charge in [-0.25, -0.2) is 9.37 Å². The Morgan fingerprint density at radius 3 is 2.61 bits per heavy atom. The van der Waals surface area contributed by atoms with E-state index in [-0.39, 0.29) is 45.6 Å². The van der Waals surface area contributed by atoms with Gasteiger partial charge in [0.1, 0.15) is 17.4 Å². The van der Waals surface area contributed by atoms with Crippen LogP contribution >= 0.6 is 15.9 Å². The Balaban J connectivity index is 1.82. The molecule has 0 fully saturated rings. The Kier molecular flexibility index (Phi) is 6.70.